The molecule has 0 atom stereocenters. The minimum Gasteiger partial charge on any atom is -0.457 e. The molecule has 5 rings (SSSR count). The van der Waals surface area contributed by atoms with Gasteiger partial charge in [0, 0.05) is 5.56 Å². The number of carbonyl (C=O) groups excluding carboxylic acids is 1. The Bertz CT molecular complexity index is 1300. The fourth-order valence-electron chi connectivity index (χ4n) is 3.65. The Hall–Kier alpha value is -3.66. The summed E-state index contributed by atoms with van der Waals surface area (Å²) in [6, 6.07) is 22.1. The van der Waals surface area contributed by atoms with Crippen molar-refractivity contribution in [3.05, 3.63) is 84.3 Å². The van der Waals surface area contributed by atoms with Gasteiger partial charge in [-0.1, -0.05) is 59.8 Å². The Labute approximate surface area is 155 Å². The molecule has 0 aliphatic heterocycles. The summed E-state index contributed by atoms with van der Waals surface area (Å²) in [5.74, 6) is -0.487. The van der Waals surface area contributed by atoms with E-state index >= 15 is 0 Å². The van der Waals surface area contributed by atoms with E-state index in [2.05, 4.69) is 53.7 Å². The Morgan fingerprint density at radius 3 is 2.30 bits per heavy atom. The number of furan rings is 1. The summed E-state index contributed by atoms with van der Waals surface area (Å²) in [6.45, 7) is 1.83. The first-order chi connectivity index (χ1) is 13.2. The van der Waals surface area contributed by atoms with Crippen LogP contribution in [0.1, 0.15) is 23.0 Å². The van der Waals surface area contributed by atoms with Crippen LogP contribution < -0.4 is 0 Å². The highest BCUT2D eigenvalue weighted by Crippen LogP contribution is 2.36. The largest absolute Gasteiger partial charge is 0.457 e. The molecule has 130 valence electrons. The number of oxime groups is 1. The first-order valence-corrected chi connectivity index (χ1v) is 8.69. The third-order valence-corrected chi connectivity index (χ3v) is 4.91. The van der Waals surface area contributed by atoms with Crippen LogP contribution in [0.2, 0.25) is 0 Å². The number of carbonyl (C=O) groups is 1. The summed E-state index contributed by atoms with van der Waals surface area (Å²) >= 11 is 0. The summed E-state index contributed by atoms with van der Waals surface area (Å²) in [7, 11) is 0. The topological polar surface area (TPSA) is 51.8 Å². The van der Waals surface area contributed by atoms with Crippen molar-refractivity contribution in [3.8, 4) is 0 Å². The second-order valence-electron chi connectivity index (χ2n) is 6.50. The van der Waals surface area contributed by atoms with Crippen LogP contribution in [0.5, 0.6) is 0 Å². The fourth-order valence-corrected chi connectivity index (χ4v) is 3.65. The molecule has 0 spiro atoms. The van der Waals surface area contributed by atoms with Gasteiger partial charge < -0.3 is 9.25 Å². The molecule has 5 aromatic rings. The first-order valence-electron chi connectivity index (χ1n) is 8.69. The van der Waals surface area contributed by atoms with Crippen LogP contribution in [0.25, 0.3) is 32.3 Å². The van der Waals surface area contributed by atoms with Crippen molar-refractivity contribution in [2.45, 2.75) is 6.92 Å². The molecule has 0 radical (unpaired) electrons. The van der Waals surface area contributed by atoms with Gasteiger partial charge in [0.2, 0.25) is 5.76 Å². The van der Waals surface area contributed by atoms with E-state index in [1.54, 1.807) is 12.1 Å². The number of nitrogens with zero attached hydrogens (tertiary/aromatic N) is 1. The quantitative estimate of drug-likeness (QED) is 0.179. The molecule has 0 fully saturated rings. The summed E-state index contributed by atoms with van der Waals surface area (Å²) in [5, 5.41) is 11.2. The summed E-state index contributed by atoms with van der Waals surface area (Å²) in [6.07, 6.45) is 1.42. The Balaban J connectivity index is 1.64. The van der Waals surface area contributed by atoms with Crippen molar-refractivity contribution in [1.82, 2.24) is 0 Å². The van der Waals surface area contributed by atoms with Crippen molar-refractivity contribution in [2.75, 3.05) is 0 Å². The smallest absolute Gasteiger partial charge is 0.400 e. The molecular weight excluding hydrogens is 338 g/mol. The van der Waals surface area contributed by atoms with Crippen LogP contribution in [-0.2, 0) is 4.84 Å². The van der Waals surface area contributed by atoms with Crippen molar-refractivity contribution in [3.63, 3.8) is 0 Å². The zero-order valence-electron chi connectivity index (χ0n) is 14.6. The van der Waals surface area contributed by atoms with E-state index in [4.69, 9.17) is 9.25 Å². The van der Waals surface area contributed by atoms with Gasteiger partial charge >= 0.3 is 5.97 Å². The van der Waals surface area contributed by atoms with Gasteiger partial charge in [0.05, 0.1) is 12.0 Å². The molecule has 27 heavy (non-hydrogen) atoms. The lowest BCUT2D eigenvalue weighted by atomic mass is 9.91. The molecule has 4 heteroatoms. The van der Waals surface area contributed by atoms with E-state index in [0.717, 1.165) is 10.9 Å². The van der Waals surface area contributed by atoms with Crippen LogP contribution in [0, 0.1) is 0 Å². The Kier molecular flexibility index (Phi) is 3.44. The van der Waals surface area contributed by atoms with E-state index in [-0.39, 0.29) is 5.76 Å². The average molecular weight is 353 g/mol. The molecule has 0 aliphatic carbocycles. The van der Waals surface area contributed by atoms with E-state index in [1.165, 1.54) is 33.2 Å². The zero-order valence-corrected chi connectivity index (χ0v) is 14.6. The Morgan fingerprint density at radius 1 is 0.852 bits per heavy atom. The molecule has 0 N–H and O–H groups in total. The average Bonchev–Trinajstić information content (AvgIpc) is 3.25. The first kappa shape index (κ1) is 15.6. The van der Waals surface area contributed by atoms with Crippen LogP contribution in [0.15, 0.2) is 82.6 Å². The van der Waals surface area contributed by atoms with Crippen LogP contribution in [0.4, 0.5) is 0 Å². The van der Waals surface area contributed by atoms with Crippen LogP contribution in [0.3, 0.4) is 0 Å². The highest BCUT2D eigenvalue weighted by molar-refractivity contribution is 6.26. The Morgan fingerprint density at radius 2 is 1.56 bits per heavy atom. The molecule has 1 heterocycles. The SMILES string of the molecule is C/C(=N\OC(=O)c1ccco1)c1ccc2ccc3cccc4ccc1c2c34. The van der Waals surface area contributed by atoms with Gasteiger partial charge in [-0.05, 0) is 51.4 Å². The third-order valence-electron chi connectivity index (χ3n) is 4.91. The lowest BCUT2D eigenvalue weighted by Gasteiger charge is -2.13. The van der Waals surface area contributed by atoms with Crippen molar-refractivity contribution in [1.29, 1.82) is 0 Å². The molecule has 0 aliphatic rings. The molecule has 0 amide bonds. The van der Waals surface area contributed by atoms with E-state index in [0.29, 0.717) is 5.71 Å². The molecule has 4 aromatic carbocycles. The maximum absolute atomic E-state index is 12.0. The summed E-state index contributed by atoms with van der Waals surface area (Å²) in [4.78, 5) is 17.0. The van der Waals surface area contributed by atoms with Crippen molar-refractivity contribution >= 4 is 44.0 Å². The summed E-state index contributed by atoms with van der Waals surface area (Å²) in [5.41, 5.74) is 1.57. The second-order valence-corrected chi connectivity index (χ2v) is 6.50. The molecular formula is C23H15NO3. The van der Waals surface area contributed by atoms with Gasteiger partial charge in [-0.2, -0.15) is 0 Å². The molecule has 4 nitrogen and oxygen atoms in total. The number of rotatable bonds is 3. The predicted octanol–water partition coefficient (Wildman–Crippen LogP) is 5.76. The monoisotopic (exact) mass is 353 g/mol. The van der Waals surface area contributed by atoms with Gasteiger partial charge in [0.25, 0.3) is 0 Å². The highest BCUT2D eigenvalue weighted by atomic mass is 16.7. The molecule has 1 aromatic heterocycles. The number of hydrogen-bond donors (Lipinski definition) is 0. The molecule has 0 unspecified atom stereocenters. The van der Waals surface area contributed by atoms with Gasteiger partial charge in [-0.15, -0.1) is 0 Å². The maximum atomic E-state index is 12.0. The molecule has 0 bridgehead atoms. The second kappa shape index (κ2) is 5.95. The standard InChI is InChI=1S/C23H15NO3/c1-14(24-27-23(25)20-6-3-13-26-20)18-11-9-17-8-7-15-4-2-5-16-10-12-19(18)22(17)21(15)16/h2-13H,1H3/b24-14+. The number of benzene rings is 4. The highest BCUT2D eigenvalue weighted by Gasteiger charge is 2.14. The minimum absolute atomic E-state index is 0.127. The van der Waals surface area contributed by atoms with Gasteiger partial charge in [0.1, 0.15) is 0 Å². The fraction of sp³-hybridized carbons (Fsp3) is 0.0435. The van der Waals surface area contributed by atoms with Crippen molar-refractivity contribution < 1.29 is 14.0 Å². The molecule has 0 saturated heterocycles. The predicted molar refractivity (Wildman–Crippen MR) is 106 cm³/mol. The van der Waals surface area contributed by atoms with Gasteiger partial charge in [-0.25, -0.2) is 4.79 Å². The molecule has 0 saturated carbocycles. The normalized spacial score (nSPS) is 12.3. The number of hydrogen-bond acceptors (Lipinski definition) is 4. The lowest BCUT2D eigenvalue weighted by Crippen LogP contribution is -2.03. The van der Waals surface area contributed by atoms with Crippen molar-refractivity contribution in [2.24, 2.45) is 5.16 Å². The third kappa shape index (κ3) is 2.46. The van der Waals surface area contributed by atoms with E-state index in [1.807, 2.05) is 13.0 Å². The van der Waals surface area contributed by atoms with E-state index in [9.17, 15) is 4.79 Å². The summed E-state index contributed by atoms with van der Waals surface area (Å²) < 4.78 is 5.04. The minimum atomic E-state index is -0.614. The van der Waals surface area contributed by atoms with Crippen LogP contribution in [-0.4, -0.2) is 11.7 Å². The maximum Gasteiger partial charge on any atom is 0.400 e. The zero-order chi connectivity index (χ0) is 18.4. The van der Waals surface area contributed by atoms with Gasteiger partial charge in [-0.3, -0.25) is 0 Å². The van der Waals surface area contributed by atoms with E-state index < -0.39 is 5.97 Å². The van der Waals surface area contributed by atoms with Gasteiger partial charge in [0.15, 0.2) is 0 Å². The lowest BCUT2D eigenvalue weighted by molar-refractivity contribution is 0.0480. The van der Waals surface area contributed by atoms with Crippen LogP contribution >= 0.6 is 0 Å².